The molecule has 8 N–H and O–H groups in total. The molecular formula is C42H54F4N8O2. The molecule has 302 valence electrons. The number of hydrogen-bond donors (Lipinski definition) is 6. The summed E-state index contributed by atoms with van der Waals surface area (Å²) in [6, 6.07) is 14.8. The summed E-state index contributed by atoms with van der Waals surface area (Å²) in [7, 11) is 0. The van der Waals surface area contributed by atoms with Gasteiger partial charge in [0.05, 0.1) is 34.5 Å². The Morgan fingerprint density at radius 1 is 0.571 bits per heavy atom. The first-order valence-corrected chi connectivity index (χ1v) is 19.2. The van der Waals surface area contributed by atoms with E-state index in [1.807, 2.05) is 90.1 Å². The van der Waals surface area contributed by atoms with Crippen molar-refractivity contribution in [3.8, 4) is 33.6 Å². The zero-order chi connectivity index (χ0) is 40.9. The number of carbonyl (C=O) groups excluding carboxylic acids is 2. The number of benzene rings is 2. The standard InChI is InChI=1S/C42H54F4N8O2/c1-37(2,3)31(53-35(55)39(47)15-19-41(43,44)20-16-39)33-49-23-29(51-33)27-11-7-25(8-12-27)26-9-13-28(14-10-26)30-24-50-34(52-30)32(38(4,5)6)54-36(56)40(48)17-21-42(45,46)22-18-40/h7-14,23-24,31-32H,15-22,47-48H2,1-6H3,(H,49,51)(H,50,52)(H,53,55)(H,54,56)/t31-,32-/m1/s1. The first-order valence-electron chi connectivity index (χ1n) is 19.2. The van der Waals surface area contributed by atoms with Crippen molar-refractivity contribution in [1.29, 1.82) is 0 Å². The number of alkyl halides is 4. The molecule has 2 aromatic carbocycles. The van der Waals surface area contributed by atoms with Crippen LogP contribution in [0.25, 0.3) is 33.6 Å². The third kappa shape index (κ3) is 9.01. The van der Waals surface area contributed by atoms with Crippen molar-refractivity contribution in [3.63, 3.8) is 0 Å². The number of aromatic amines is 2. The van der Waals surface area contributed by atoms with Crippen LogP contribution in [-0.4, -0.2) is 54.7 Å². The van der Waals surface area contributed by atoms with E-state index in [0.29, 0.717) is 23.0 Å². The zero-order valence-corrected chi connectivity index (χ0v) is 33.0. The molecule has 2 atom stereocenters. The summed E-state index contributed by atoms with van der Waals surface area (Å²) in [5.41, 5.74) is 14.1. The lowest BCUT2D eigenvalue weighted by Gasteiger charge is -2.38. The normalized spacial score (nSPS) is 20.1. The summed E-state index contributed by atoms with van der Waals surface area (Å²) in [6.45, 7) is 11.8. The highest BCUT2D eigenvalue weighted by atomic mass is 19.3. The van der Waals surface area contributed by atoms with Gasteiger partial charge in [-0.1, -0.05) is 90.1 Å². The van der Waals surface area contributed by atoms with Crippen molar-refractivity contribution >= 4 is 11.8 Å². The lowest BCUT2D eigenvalue weighted by Crippen LogP contribution is -2.58. The first kappa shape index (κ1) is 41.1. The molecule has 2 amide bonds. The topological polar surface area (TPSA) is 168 Å². The number of nitrogens with two attached hydrogens (primary N) is 2. The molecule has 4 aromatic rings. The Labute approximate surface area is 325 Å². The SMILES string of the molecule is CC(C)(C)[C@H](NC(=O)C1(N)CCC(F)(F)CC1)c1nc(-c2ccc(-c3ccc(-c4c[nH]c([C@@H](NC(=O)C5(N)CCC(F)(F)CC5)C(C)(C)C)n4)cc3)cc2)c[nH]1. The zero-order valence-electron chi connectivity index (χ0n) is 33.0. The Kier molecular flexibility index (Phi) is 10.8. The van der Waals surface area contributed by atoms with Crippen LogP contribution in [0.3, 0.4) is 0 Å². The summed E-state index contributed by atoms with van der Waals surface area (Å²) < 4.78 is 55.2. The van der Waals surface area contributed by atoms with Gasteiger partial charge in [-0.25, -0.2) is 27.5 Å². The van der Waals surface area contributed by atoms with E-state index in [1.165, 1.54) is 0 Å². The summed E-state index contributed by atoms with van der Waals surface area (Å²) in [5, 5.41) is 6.02. The van der Waals surface area contributed by atoms with Crippen molar-refractivity contribution in [2.24, 2.45) is 22.3 Å². The van der Waals surface area contributed by atoms with Crippen molar-refractivity contribution in [3.05, 3.63) is 72.6 Å². The Balaban J connectivity index is 1.12. The van der Waals surface area contributed by atoms with Crippen LogP contribution in [0, 0.1) is 10.8 Å². The molecule has 0 bridgehead atoms. The Morgan fingerprint density at radius 2 is 0.857 bits per heavy atom. The minimum atomic E-state index is -2.80. The molecule has 0 aliphatic heterocycles. The molecule has 2 aliphatic carbocycles. The van der Waals surface area contributed by atoms with E-state index in [1.54, 1.807) is 12.4 Å². The van der Waals surface area contributed by atoms with Gasteiger partial charge in [0.1, 0.15) is 11.6 Å². The van der Waals surface area contributed by atoms with E-state index in [-0.39, 0.29) is 25.7 Å². The number of nitrogens with zero attached hydrogens (tertiary/aromatic N) is 2. The minimum Gasteiger partial charge on any atom is -0.346 e. The van der Waals surface area contributed by atoms with Crippen LogP contribution in [-0.2, 0) is 9.59 Å². The molecule has 6 rings (SSSR count). The van der Waals surface area contributed by atoms with Crippen LogP contribution in [0.4, 0.5) is 17.6 Å². The second-order valence-electron chi connectivity index (χ2n) is 18.1. The van der Waals surface area contributed by atoms with Gasteiger partial charge < -0.3 is 32.1 Å². The molecule has 0 saturated heterocycles. The predicted molar refractivity (Wildman–Crippen MR) is 208 cm³/mol. The Bertz CT molecular complexity index is 1860. The van der Waals surface area contributed by atoms with Crippen LogP contribution in [0.2, 0.25) is 0 Å². The van der Waals surface area contributed by atoms with Gasteiger partial charge in [0.2, 0.25) is 23.7 Å². The fourth-order valence-corrected chi connectivity index (χ4v) is 7.45. The summed E-state index contributed by atoms with van der Waals surface area (Å²) in [4.78, 5) is 42.7. The van der Waals surface area contributed by atoms with Gasteiger partial charge in [0, 0.05) is 49.2 Å². The van der Waals surface area contributed by atoms with Crippen LogP contribution >= 0.6 is 0 Å². The third-order valence-electron chi connectivity index (χ3n) is 11.4. The van der Waals surface area contributed by atoms with Crippen LogP contribution in [0.5, 0.6) is 0 Å². The number of halogens is 4. The fraction of sp³-hybridized carbons (Fsp3) is 0.524. The molecule has 2 saturated carbocycles. The number of nitrogens with one attached hydrogen (secondary N) is 4. The van der Waals surface area contributed by atoms with Crippen molar-refractivity contribution < 1.29 is 27.2 Å². The highest BCUT2D eigenvalue weighted by Gasteiger charge is 2.48. The number of aromatic nitrogens is 4. The van der Waals surface area contributed by atoms with E-state index >= 15 is 0 Å². The highest BCUT2D eigenvalue weighted by molar-refractivity contribution is 5.87. The van der Waals surface area contributed by atoms with Crippen molar-refractivity contribution in [1.82, 2.24) is 30.6 Å². The van der Waals surface area contributed by atoms with E-state index in [4.69, 9.17) is 21.4 Å². The summed E-state index contributed by atoms with van der Waals surface area (Å²) in [5.74, 6) is -5.42. The highest BCUT2D eigenvalue weighted by Crippen LogP contribution is 2.41. The monoisotopic (exact) mass is 778 g/mol. The van der Waals surface area contributed by atoms with Gasteiger partial charge in [0.25, 0.3) is 0 Å². The molecule has 14 heteroatoms. The van der Waals surface area contributed by atoms with E-state index < -0.39 is 83.3 Å². The van der Waals surface area contributed by atoms with Gasteiger partial charge in [-0.05, 0) is 47.6 Å². The summed E-state index contributed by atoms with van der Waals surface area (Å²) >= 11 is 0. The first-order chi connectivity index (χ1) is 26.0. The summed E-state index contributed by atoms with van der Waals surface area (Å²) in [6.07, 6.45) is 1.55. The molecule has 10 nitrogen and oxygen atoms in total. The average molecular weight is 779 g/mol. The molecule has 2 fully saturated rings. The number of amides is 2. The molecular weight excluding hydrogens is 725 g/mol. The quantitative estimate of drug-likeness (QED) is 0.0934. The molecule has 0 unspecified atom stereocenters. The lowest BCUT2D eigenvalue weighted by atomic mass is 9.79. The third-order valence-corrected chi connectivity index (χ3v) is 11.4. The second kappa shape index (κ2) is 14.7. The molecule has 56 heavy (non-hydrogen) atoms. The average Bonchev–Trinajstić information content (AvgIpc) is 3.82. The number of rotatable bonds is 9. The molecule has 0 spiro atoms. The van der Waals surface area contributed by atoms with Gasteiger partial charge in [0.15, 0.2) is 0 Å². The van der Waals surface area contributed by atoms with Gasteiger partial charge >= 0.3 is 0 Å². The van der Waals surface area contributed by atoms with Crippen LogP contribution in [0.1, 0.15) is 117 Å². The number of H-pyrrole nitrogens is 2. The second-order valence-corrected chi connectivity index (χ2v) is 18.1. The van der Waals surface area contributed by atoms with Gasteiger partial charge in [-0.2, -0.15) is 0 Å². The van der Waals surface area contributed by atoms with Crippen molar-refractivity contribution in [2.75, 3.05) is 0 Å². The smallest absolute Gasteiger partial charge is 0.248 e. The van der Waals surface area contributed by atoms with E-state index in [0.717, 1.165) is 22.3 Å². The maximum Gasteiger partial charge on any atom is 0.248 e. The van der Waals surface area contributed by atoms with Crippen LogP contribution < -0.4 is 22.1 Å². The lowest BCUT2D eigenvalue weighted by molar-refractivity contribution is -0.133. The maximum absolute atomic E-state index is 13.8. The maximum atomic E-state index is 13.8. The molecule has 2 aromatic heterocycles. The number of imidazole rings is 2. The van der Waals surface area contributed by atoms with E-state index in [9.17, 15) is 27.2 Å². The van der Waals surface area contributed by atoms with Crippen molar-refractivity contribution in [2.45, 2.75) is 128 Å². The number of hydrogen-bond acceptors (Lipinski definition) is 6. The Morgan fingerprint density at radius 3 is 1.14 bits per heavy atom. The fourth-order valence-electron chi connectivity index (χ4n) is 7.45. The van der Waals surface area contributed by atoms with Gasteiger partial charge in [-0.15, -0.1) is 0 Å². The molecule has 0 radical (unpaired) electrons. The largest absolute Gasteiger partial charge is 0.346 e. The number of carbonyl (C=O) groups is 2. The molecule has 2 heterocycles. The Hall–Kier alpha value is -4.56. The van der Waals surface area contributed by atoms with Gasteiger partial charge in [-0.3, -0.25) is 9.59 Å². The van der Waals surface area contributed by atoms with Crippen LogP contribution in [0.15, 0.2) is 60.9 Å². The molecule has 2 aliphatic rings. The predicted octanol–water partition coefficient (Wildman–Crippen LogP) is 8.35. The van der Waals surface area contributed by atoms with E-state index in [2.05, 4.69) is 20.6 Å². The minimum absolute atomic E-state index is 0.0869.